The molecule has 19 heavy (non-hydrogen) atoms. The molecule has 1 heterocycles. The Balaban J connectivity index is 2.37. The van der Waals surface area contributed by atoms with Crippen LogP contribution in [0.3, 0.4) is 0 Å². The average molecular weight is 348 g/mol. The Kier molecular flexibility index (Phi) is 5.00. The summed E-state index contributed by atoms with van der Waals surface area (Å²) in [5, 5.41) is 9.15. The molecule has 1 aliphatic rings. The first-order valence-electron chi connectivity index (χ1n) is 6.45. The van der Waals surface area contributed by atoms with Crippen molar-refractivity contribution in [2.24, 2.45) is 0 Å². The van der Waals surface area contributed by atoms with Crippen molar-refractivity contribution in [2.45, 2.75) is 37.2 Å². The monoisotopic (exact) mass is 347 g/mol. The van der Waals surface area contributed by atoms with Crippen LogP contribution >= 0.6 is 15.9 Å². The second kappa shape index (κ2) is 6.35. The van der Waals surface area contributed by atoms with Gasteiger partial charge in [0.25, 0.3) is 0 Å². The van der Waals surface area contributed by atoms with E-state index in [4.69, 9.17) is 5.11 Å². The van der Waals surface area contributed by atoms with Crippen molar-refractivity contribution in [2.75, 3.05) is 13.1 Å². The zero-order valence-corrected chi connectivity index (χ0v) is 13.1. The summed E-state index contributed by atoms with van der Waals surface area (Å²) < 4.78 is 27.4. The molecule has 6 heteroatoms. The van der Waals surface area contributed by atoms with Gasteiger partial charge in [0.05, 0.1) is 11.5 Å². The Morgan fingerprint density at radius 2 is 1.79 bits per heavy atom. The maximum Gasteiger partial charge on any atom is 0.244 e. The van der Waals surface area contributed by atoms with Crippen molar-refractivity contribution in [3.63, 3.8) is 0 Å². The van der Waals surface area contributed by atoms with E-state index in [-0.39, 0.29) is 11.5 Å². The molecule has 0 radical (unpaired) electrons. The second-order valence-corrected chi connectivity index (χ2v) is 7.50. The lowest BCUT2D eigenvalue weighted by molar-refractivity contribution is 0.281. The predicted molar refractivity (Wildman–Crippen MR) is 77.3 cm³/mol. The van der Waals surface area contributed by atoms with Crippen LogP contribution < -0.4 is 0 Å². The van der Waals surface area contributed by atoms with Gasteiger partial charge in [-0.1, -0.05) is 18.9 Å². The highest BCUT2D eigenvalue weighted by atomic mass is 79.9. The molecule has 1 aliphatic heterocycles. The molecule has 0 aliphatic carbocycles. The second-order valence-electron chi connectivity index (χ2n) is 4.74. The first-order chi connectivity index (χ1) is 9.05. The number of halogens is 1. The molecule has 1 fully saturated rings. The third-order valence-corrected chi connectivity index (χ3v) is 6.25. The molecular weight excluding hydrogens is 330 g/mol. The summed E-state index contributed by atoms with van der Waals surface area (Å²) in [5.74, 6) is 0. The van der Waals surface area contributed by atoms with Crippen LogP contribution in [0.15, 0.2) is 27.6 Å². The molecule has 0 aromatic heterocycles. The van der Waals surface area contributed by atoms with Crippen LogP contribution in [0, 0.1) is 0 Å². The van der Waals surface area contributed by atoms with Gasteiger partial charge in [0.15, 0.2) is 0 Å². The first kappa shape index (κ1) is 15.0. The van der Waals surface area contributed by atoms with Crippen molar-refractivity contribution in [3.05, 3.63) is 28.2 Å². The number of rotatable bonds is 3. The van der Waals surface area contributed by atoms with Crippen LogP contribution in [-0.4, -0.2) is 30.9 Å². The van der Waals surface area contributed by atoms with Gasteiger partial charge in [0, 0.05) is 17.6 Å². The number of sulfonamides is 1. The number of nitrogens with zero attached hydrogens (tertiary/aromatic N) is 1. The van der Waals surface area contributed by atoms with E-state index in [2.05, 4.69) is 15.9 Å². The van der Waals surface area contributed by atoms with E-state index < -0.39 is 10.0 Å². The van der Waals surface area contributed by atoms with Crippen LogP contribution in [-0.2, 0) is 16.6 Å². The molecule has 0 saturated carbocycles. The van der Waals surface area contributed by atoms with E-state index in [9.17, 15) is 8.42 Å². The maximum absolute atomic E-state index is 12.6. The Morgan fingerprint density at radius 1 is 1.16 bits per heavy atom. The molecule has 0 amide bonds. The van der Waals surface area contributed by atoms with Crippen molar-refractivity contribution in [1.29, 1.82) is 0 Å². The summed E-state index contributed by atoms with van der Waals surface area (Å²) in [6.07, 6.45) is 4.00. The van der Waals surface area contributed by atoms with Gasteiger partial charge in [-0.2, -0.15) is 4.31 Å². The molecule has 0 atom stereocenters. The Hall–Kier alpha value is -0.430. The highest BCUT2D eigenvalue weighted by Crippen LogP contribution is 2.27. The SMILES string of the molecule is O=S(=O)(c1cc(CO)ccc1Br)N1CCCCCC1. The molecule has 2 rings (SSSR count). The van der Waals surface area contributed by atoms with Gasteiger partial charge in [-0.25, -0.2) is 8.42 Å². The van der Waals surface area contributed by atoms with E-state index in [0.29, 0.717) is 23.1 Å². The van der Waals surface area contributed by atoms with Crippen molar-refractivity contribution < 1.29 is 13.5 Å². The zero-order valence-electron chi connectivity index (χ0n) is 10.7. The summed E-state index contributed by atoms with van der Waals surface area (Å²) in [6, 6.07) is 4.94. The Bertz CT molecular complexity index is 537. The molecule has 0 bridgehead atoms. The van der Waals surface area contributed by atoms with Crippen molar-refractivity contribution in [3.8, 4) is 0 Å². The van der Waals surface area contributed by atoms with E-state index in [1.165, 1.54) is 0 Å². The molecule has 0 unspecified atom stereocenters. The van der Waals surface area contributed by atoms with E-state index >= 15 is 0 Å². The standard InChI is InChI=1S/C13H18BrNO3S/c14-12-6-5-11(10-16)9-13(12)19(17,18)15-7-3-1-2-4-8-15/h5-6,9,16H,1-4,7-8,10H2. The van der Waals surface area contributed by atoms with E-state index in [1.807, 2.05) is 0 Å². The molecular formula is C13H18BrNO3S. The van der Waals surface area contributed by atoms with E-state index in [0.717, 1.165) is 25.7 Å². The van der Waals surface area contributed by atoms with Gasteiger partial charge in [-0.15, -0.1) is 0 Å². The molecule has 1 aromatic rings. The van der Waals surface area contributed by atoms with Gasteiger partial charge >= 0.3 is 0 Å². The predicted octanol–water partition coefficient (Wildman–Crippen LogP) is 2.51. The number of aliphatic hydroxyl groups is 1. The fourth-order valence-corrected chi connectivity index (χ4v) is 4.76. The molecule has 0 spiro atoms. The minimum absolute atomic E-state index is 0.157. The molecule has 1 saturated heterocycles. The summed E-state index contributed by atoms with van der Waals surface area (Å²) in [4.78, 5) is 0.251. The number of benzene rings is 1. The number of aliphatic hydroxyl groups excluding tert-OH is 1. The van der Waals surface area contributed by atoms with E-state index in [1.54, 1.807) is 22.5 Å². The smallest absolute Gasteiger partial charge is 0.244 e. The number of hydrogen-bond acceptors (Lipinski definition) is 3. The third kappa shape index (κ3) is 3.37. The van der Waals surface area contributed by atoms with Crippen molar-refractivity contribution >= 4 is 26.0 Å². The lowest BCUT2D eigenvalue weighted by Crippen LogP contribution is -2.32. The van der Waals surface area contributed by atoms with Gasteiger partial charge in [-0.05, 0) is 46.5 Å². The summed E-state index contributed by atoms with van der Waals surface area (Å²) in [7, 11) is -3.47. The Morgan fingerprint density at radius 3 is 2.37 bits per heavy atom. The minimum Gasteiger partial charge on any atom is -0.392 e. The van der Waals surface area contributed by atoms with Crippen LogP contribution in [0.2, 0.25) is 0 Å². The fourth-order valence-electron chi connectivity index (χ4n) is 2.26. The van der Waals surface area contributed by atoms with Gasteiger partial charge in [-0.3, -0.25) is 0 Å². The largest absolute Gasteiger partial charge is 0.392 e. The summed E-state index contributed by atoms with van der Waals surface area (Å²) >= 11 is 3.29. The normalized spacial score (nSPS) is 18.2. The summed E-state index contributed by atoms with van der Waals surface area (Å²) in [6.45, 7) is 1.01. The topological polar surface area (TPSA) is 57.6 Å². The molecule has 106 valence electrons. The average Bonchev–Trinajstić information content (AvgIpc) is 2.68. The van der Waals surface area contributed by atoms with Gasteiger partial charge in [0.2, 0.25) is 10.0 Å². The van der Waals surface area contributed by atoms with Crippen LogP contribution in [0.25, 0.3) is 0 Å². The first-order valence-corrected chi connectivity index (χ1v) is 8.68. The molecule has 4 nitrogen and oxygen atoms in total. The number of hydrogen-bond donors (Lipinski definition) is 1. The molecule has 1 N–H and O–H groups in total. The molecule has 1 aromatic carbocycles. The summed E-state index contributed by atoms with van der Waals surface area (Å²) in [5.41, 5.74) is 0.608. The zero-order chi connectivity index (χ0) is 13.9. The van der Waals surface area contributed by atoms with Crippen molar-refractivity contribution in [1.82, 2.24) is 4.31 Å². The maximum atomic E-state index is 12.6. The minimum atomic E-state index is -3.47. The Labute approximate surface area is 122 Å². The van der Waals surface area contributed by atoms with Crippen LogP contribution in [0.4, 0.5) is 0 Å². The highest BCUT2D eigenvalue weighted by molar-refractivity contribution is 9.10. The van der Waals surface area contributed by atoms with Crippen LogP contribution in [0.1, 0.15) is 31.2 Å². The quantitative estimate of drug-likeness (QED) is 0.913. The third-order valence-electron chi connectivity index (χ3n) is 3.36. The lowest BCUT2D eigenvalue weighted by atomic mass is 10.2. The fraction of sp³-hybridized carbons (Fsp3) is 0.538. The van der Waals surface area contributed by atoms with Gasteiger partial charge in [0.1, 0.15) is 0 Å². The lowest BCUT2D eigenvalue weighted by Gasteiger charge is -2.21. The highest BCUT2D eigenvalue weighted by Gasteiger charge is 2.27. The van der Waals surface area contributed by atoms with Crippen LogP contribution in [0.5, 0.6) is 0 Å². The van der Waals surface area contributed by atoms with Gasteiger partial charge < -0.3 is 5.11 Å².